The minimum atomic E-state index is -0.659. The quantitative estimate of drug-likeness (QED) is 0.109. The van der Waals surface area contributed by atoms with Gasteiger partial charge in [-0.05, 0) is 32.1 Å². The molecule has 0 heterocycles. The molecular weight excluding hydrogens is 300 g/mol. The van der Waals surface area contributed by atoms with Gasteiger partial charge < -0.3 is 4.74 Å². The van der Waals surface area contributed by atoms with Gasteiger partial charge in [0.25, 0.3) is 0 Å². The number of carbonyl (C=O) groups excluding carboxylic acids is 2. The molecular formula is C21H36O3. The minimum Gasteiger partial charge on any atom is -0.390 e. The van der Waals surface area contributed by atoms with E-state index < -0.39 is 11.9 Å². The molecule has 0 saturated carbocycles. The van der Waals surface area contributed by atoms with Crippen molar-refractivity contribution in [2.24, 2.45) is 0 Å². The summed E-state index contributed by atoms with van der Waals surface area (Å²) in [7, 11) is 0. The molecule has 0 saturated heterocycles. The lowest BCUT2D eigenvalue weighted by Crippen LogP contribution is -2.09. The molecule has 0 spiro atoms. The molecule has 0 N–H and O–H groups in total. The maximum absolute atomic E-state index is 11.2. The predicted octanol–water partition coefficient (Wildman–Crippen LogP) is 6.28. The van der Waals surface area contributed by atoms with Crippen LogP contribution in [0.1, 0.15) is 96.8 Å². The van der Waals surface area contributed by atoms with E-state index in [2.05, 4.69) is 30.4 Å². The Morgan fingerprint density at radius 2 is 1.29 bits per heavy atom. The van der Waals surface area contributed by atoms with Crippen LogP contribution in [-0.4, -0.2) is 11.9 Å². The van der Waals surface area contributed by atoms with Crippen molar-refractivity contribution < 1.29 is 14.3 Å². The summed E-state index contributed by atoms with van der Waals surface area (Å²) in [4.78, 5) is 22.1. The van der Waals surface area contributed by atoms with E-state index in [1.165, 1.54) is 57.8 Å². The summed E-state index contributed by atoms with van der Waals surface area (Å²) in [6.45, 7) is 5.51. The van der Waals surface area contributed by atoms with Crippen LogP contribution in [0, 0.1) is 0 Å². The van der Waals surface area contributed by atoms with Crippen molar-refractivity contribution in [2.75, 3.05) is 0 Å². The van der Waals surface area contributed by atoms with Gasteiger partial charge in [0.15, 0.2) is 0 Å². The molecule has 0 aromatic heterocycles. The average molecular weight is 337 g/mol. The van der Waals surface area contributed by atoms with Crippen LogP contribution in [0.3, 0.4) is 0 Å². The van der Waals surface area contributed by atoms with Crippen LogP contribution >= 0.6 is 0 Å². The smallest absolute Gasteiger partial charge is 0.337 e. The van der Waals surface area contributed by atoms with Gasteiger partial charge >= 0.3 is 11.9 Å². The molecule has 24 heavy (non-hydrogen) atoms. The monoisotopic (exact) mass is 336 g/mol. The van der Waals surface area contributed by atoms with Crippen molar-refractivity contribution in [3.8, 4) is 0 Å². The van der Waals surface area contributed by atoms with Gasteiger partial charge in [-0.1, -0.05) is 77.0 Å². The van der Waals surface area contributed by atoms with E-state index in [4.69, 9.17) is 0 Å². The lowest BCUT2D eigenvalue weighted by Gasteiger charge is -2.01. The zero-order valence-electron chi connectivity index (χ0n) is 15.6. The number of allylic oxidation sites excluding steroid dienone is 2. The van der Waals surface area contributed by atoms with Crippen LogP contribution < -0.4 is 0 Å². The zero-order valence-corrected chi connectivity index (χ0v) is 15.6. The van der Waals surface area contributed by atoms with Gasteiger partial charge in [0.1, 0.15) is 0 Å². The highest BCUT2D eigenvalue weighted by atomic mass is 16.6. The van der Waals surface area contributed by atoms with E-state index in [-0.39, 0.29) is 0 Å². The Morgan fingerprint density at radius 3 is 1.83 bits per heavy atom. The van der Waals surface area contributed by atoms with Gasteiger partial charge in [0.2, 0.25) is 0 Å². The molecule has 0 fully saturated rings. The van der Waals surface area contributed by atoms with Crippen molar-refractivity contribution >= 4 is 11.9 Å². The Morgan fingerprint density at radius 1 is 0.792 bits per heavy atom. The first-order valence-electron chi connectivity index (χ1n) is 9.72. The summed E-state index contributed by atoms with van der Waals surface area (Å²) in [5.74, 6) is -1.11. The highest BCUT2D eigenvalue weighted by Crippen LogP contribution is 2.10. The Balaban J connectivity index is 3.24. The summed E-state index contributed by atoms with van der Waals surface area (Å²) >= 11 is 0. The average Bonchev–Trinajstić information content (AvgIpc) is 2.58. The Kier molecular flexibility index (Phi) is 16.9. The molecule has 0 rings (SSSR count). The highest BCUT2D eigenvalue weighted by Gasteiger charge is 2.06. The number of hydrogen-bond donors (Lipinski definition) is 0. The lowest BCUT2D eigenvalue weighted by atomic mass is 10.1. The molecule has 3 nitrogen and oxygen atoms in total. The standard InChI is InChI=1S/C21H36O3/c1-3-5-6-7-8-9-10-11-12-13-14-15-16-17-18-19-21(23)24-20(22)4-2/h4,11-12H,2-3,5-10,13-19H2,1H3/b12-11-. The first kappa shape index (κ1) is 22.6. The minimum absolute atomic E-state index is 0.317. The van der Waals surface area contributed by atoms with Crippen LogP contribution in [0.25, 0.3) is 0 Å². The lowest BCUT2D eigenvalue weighted by molar-refractivity contribution is -0.156. The molecule has 0 radical (unpaired) electrons. The van der Waals surface area contributed by atoms with E-state index in [1.807, 2.05) is 0 Å². The molecule has 3 heteroatoms. The van der Waals surface area contributed by atoms with E-state index in [0.717, 1.165) is 31.8 Å². The third-order valence-electron chi connectivity index (χ3n) is 4.02. The van der Waals surface area contributed by atoms with Crippen molar-refractivity contribution in [1.29, 1.82) is 0 Å². The van der Waals surface area contributed by atoms with Crippen LogP contribution in [0.2, 0.25) is 0 Å². The van der Waals surface area contributed by atoms with Gasteiger partial charge in [-0.25, -0.2) is 4.79 Å². The van der Waals surface area contributed by atoms with Crippen molar-refractivity contribution in [3.63, 3.8) is 0 Å². The van der Waals surface area contributed by atoms with Crippen LogP contribution in [-0.2, 0) is 14.3 Å². The SMILES string of the molecule is C=CC(=O)OC(=O)CCCCCCC/C=C\CCCCCCCC. The molecule has 0 amide bonds. The second-order valence-corrected chi connectivity index (χ2v) is 6.33. The van der Waals surface area contributed by atoms with Crippen LogP contribution in [0.5, 0.6) is 0 Å². The van der Waals surface area contributed by atoms with Crippen LogP contribution in [0.4, 0.5) is 0 Å². The molecule has 0 aliphatic heterocycles. The summed E-state index contributed by atoms with van der Waals surface area (Å²) < 4.78 is 4.51. The van der Waals surface area contributed by atoms with E-state index in [1.54, 1.807) is 0 Å². The number of esters is 2. The Bertz CT molecular complexity index is 358. The molecule has 0 aliphatic carbocycles. The summed E-state index contributed by atoms with van der Waals surface area (Å²) in [5.41, 5.74) is 0. The second kappa shape index (κ2) is 18.0. The summed E-state index contributed by atoms with van der Waals surface area (Å²) in [5, 5.41) is 0. The number of hydrogen-bond acceptors (Lipinski definition) is 3. The maximum atomic E-state index is 11.2. The highest BCUT2D eigenvalue weighted by molar-refractivity contribution is 5.91. The first-order valence-corrected chi connectivity index (χ1v) is 9.72. The Labute approximate surface area is 148 Å². The number of unbranched alkanes of at least 4 members (excludes halogenated alkanes) is 11. The third-order valence-corrected chi connectivity index (χ3v) is 4.02. The molecule has 0 aliphatic rings. The molecule has 138 valence electrons. The van der Waals surface area contributed by atoms with Crippen LogP contribution in [0.15, 0.2) is 24.8 Å². The predicted molar refractivity (Wildman–Crippen MR) is 101 cm³/mol. The topological polar surface area (TPSA) is 43.4 Å². The molecule has 0 aromatic rings. The summed E-state index contributed by atoms with van der Waals surface area (Å²) in [6, 6.07) is 0. The number of ether oxygens (including phenoxy) is 1. The molecule has 0 atom stereocenters. The van der Waals surface area contributed by atoms with Crippen molar-refractivity contribution in [3.05, 3.63) is 24.8 Å². The Hall–Kier alpha value is -1.38. The molecule has 0 aromatic carbocycles. The molecule has 0 unspecified atom stereocenters. The number of carbonyl (C=O) groups is 2. The largest absolute Gasteiger partial charge is 0.390 e. The number of rotatable bonds is 16. The van der Waals surface area contributed by atoms with Crippen molar-refractivity contribution in [1.82, 2.24) is 0 Å². The van der Waals surface area contributed by atoms with Gasteiger partial charge in [-0.2, -0.15) is 0 Å². The van der Waals surface area contributed by atoms with Gasteiger partial charge in [0, 0.05) is 12.5 Å². The van der Waals surface area contributed by atoms with Gasteiger partial charge in [-0.15, -0.1) is 0 Å². The fraction of sp³-hybridized carbons (Fsp3) is 0.714. The van der Waals surface area contributed by atoms with Gasteiger partial charge in [-0.3, -0.25) is 4.79 Å². The van der Waals surface area contributed by atoms with Crippen molar-refractivity contribution in [2.45, 2.75) is 96.8 Å². The van der Waals surface area contributed by atoms with E-state index in [9.17, 15) is 9.59 Å². The maximum Gasteiger partial charge on any atom is 0.337 e. The third kappa shape index (κ3) is 17.0. The fourth-order valence-corrected chi connectivity index (χ4v) is 2.54. The van der Waals surface area contributed by atoms with E-state index in [0.29, 0.717) is 6.42 Å². The van der Waals surface area contributed by atoms with E-state index >= 15 is 0 Å². The first-order chi connectivity index (χ1) is 11.7. The zero-order chi connectivity index (χ0) is 17.9. The van der Waals surface area contributed by atoms with Gasteiger partial charge in [0.05, 0.1) is 0 Å². The fourth-order valence-electron chi connectivity index (χ4n) is 2.54. The second-order valence-electron chi connectivity index (χ2n) is 6.33. The summed E-state index contributed by atoms with van der Waals surface area (Å²) in [6.07, 6.45) is 21.9. The normalized spacial score (nSPS) is 10.9. The molecule has 0 bridgehead atoms.